The Balaban J connectivity index is 2.19. The molecular formula is C15H19ClN2S. The van der Waals surface area contributed by atoms with E-state index in [0.29, 0.717) is 5.88 Å². The molecule has 1 unspecified atom stereocenters. The van der Waals surface area contributed by atoms with Crippen LogP contribution in [0.2, 0.25) is 0 Å². The van der Waals surface area contributed by atoms with Gasteiger partial charge in [0.15, 0.2) is 0 Å². The summed E-state index contributed by atoms with van der Waals surface area (Å²) in [5.74, 6) is 0.462. The van der Waals surface area contributed by atoms with Gasteiger partial charge in [-0.1, -0.05) is 6.07 Å². The number of nitriles is 1. The maximum Gasteiger partial charge on any atom is 0.101 e. The highest BCUT2D eigenvalue weighted by Gasteiger charge is 2.18. The van der Waals surface area contributed by atoms with Crippen molar-refractivity contribution in [2.45, 2.75) is 30.4 Å². The molecule has 1 aromatic rings. The molecule has 0 radical (unpaired) electrons. The first kappa shape index (κ1) is 14.6. The van der Waals surface area contributed by atoms with Crippen molar-refractivity contribution in [1.29, 1.82) is 5.26 Å². The number of alkyl halides is 1. The summed E-state index contributed by atoms with van der Waals surface area (Å²) in [5.41, 5.74) is 2.83. The van der Waals surface area contributed by atoms with Gasteiger partial charge in [0.2, 0.25) is 0 Å². The van der Waals surface area contributed by atoms with Crippen LogP contribution in [0.5, 0.6) is 0 Å². The predicted octanol–water partition coefficient (Wildman–Crippen LogP) is 4.02. The standard InChI is InChI=1S/C15H19ClN2S/c1-19-14-3-2-7-18(8-6-14)15-5-4-12(10-16)9-13(15)11-17/h4-5,9,14H,2-3,6-8,10H2,1H3. The van der Waals surface area contributed by atoms with Gasteiger partial charge in [-0.15, -0.1) is 11.6 Å². The minimum absolute atomic E-state index is 0.462. The summed E-state index contributed by atoms with van der Waals surface area (Å²) in [6.45, 7) is 2.09. The quantitative estimate of drug-likeness (QED) is 0.788. The third-order valence-electron chi connectivity index (χ3n) is 3.68. The molecule has 2 rings (SSSR count). The Bertz CT molecular complexity index is 470. The van der Waals surface area contributed by atoms with Gasteiger partial charge in [-0.3, -0.25) is 0 Å². The number of benzene rings is 1. The fourth-order valence-electron chi connectivity index (χ4n) is 2.57. The van der Waals surface area contributed by atoms with E-state index in [1.807, 2.05) is 23.9 Å². The third kappa shape index (κ3) is 3.58. The highest BCUT2D eigenvalue weighted by atomic mass is 35.5. The zero-order chi connectivity index (χ0) is 13.7. The van der Waals surface area contributed by atoms with Crippen molar-refractivity contribution in [3.63, 3.8) is 0 Å². The molecule has 1 fully saturated rings. The first-order valence-corrected chi connectivity index (χ1v) is 8.47. The Morgan fingerprint density at radius 2 is 2.26 bits per heavy atom. The van der Waals surface area contributed by atoms with Crippen molar-refractivity contribution in [3.05, 3.63) is 29.3 Å². The minimum Gasteiger partial charge on any atom is -0.370 e. The van der Waals surface area contributed by atoms with Gasteiger partial charge in [-0.05, 0) is 43.2 Å². The summed E-state index contributed by atoms with van der Waals surface area (Å²) in [7, 11) is 0. The number of halogens is 1. The second-order valence-electron chi connectivity index (χ2n) is 4.87. The van der Waals surface area contributed by atoms with Gasteiger partial charge in [0.25, 0.3) is 0 Å². The van der Waals surface area contributed by atoms with Crippen molar-refractivity contribution in [2.75, 3.05) is 24.2 Å². The largest absolute Gasteiger partial charge is 0.370 e. The maximum atomic E-state index is 9.31. The average molecular weight is 295 g/mol. The topological polar surface area (TPSA) is 27.0 Å². The van der Waals surface area contributed by atoms with Crippen molar-refractivity contribution in [1.82, 2.24) is 0 Å². The van der Waals surface area contributed by atoms with Gasteiger partial charge in [-0.25, -0.2) is 0 Å². The second kappa shape index (κ2) is 7.07. The van der Waals surface area contributed by atoms with Crippen LogP contribution in [0.4, 0.5) is 5.69 Å². The monoisotopic (exact) mass is 294 g/mol. The fraction of sp³-hybridized carbons (Fsp3) is 0.533. The lowest BCUT2D eigenvalue weighted by atomic mass is 10.1. The van der Waals surface area contributed by atoms with Crippen LogP contribution in [-0.2, 0) is 5.88 Å². The van der Waals surface area contributed by atoms with E-state index >= 15 is 0 Å². The Labute approximate surface area is 124 Å². The van der Waals surface area contributed by atoms with Gasteiger partial charge in [0.1, 0.15) is 6.07 Å². The molecule has 19 heavy (non-hydrogen) atoms. The Morgan fingerprint density at radius 1 is 1.42 bits per heavy atom. The molecule has 0 aliphatic carbocycles. The van der Waals surface area contributed by atoms with Crippen LogP contribution < -0.4 is 4.90 Å². The van der Waals surface area contributed by atoms with Crippen molar-refractivity contribution in [3.8, 4) is 6.07 Å². The summed E-state index contributed by atoms with van der Waals surface area (Å²) in [5, 5.41) is 10.1. The minimum atomic E-state index is 0.462. The van der Waals surface area contributed by atoms with Gasteiger partial charge in [0, 0.05) is 24.2 Å². The summed E-state index contributed by atoms with van der Waals surface area (Å²) in [4.78, 5) is 2.35. The summed E-state index contributed by atoms with van der Waals surface area (Å²) in [6.07, 6.45) is 5.87. The third-order valence-corrected chi connectivity index (χ3v) is 5.13. The zero-order valence-electron chi connectivity index (χ0n) is 11.2. The number of hydrogen-bond donors (Lipinski definition) is 0. The van der Waals surface area contributed by atoms with Crippen LogP contribution >= 0.6 is 23.4 Å². The molecule has 2 nitrogen and oxygen atoms in total. The van der Waals surface area contributed by atoms with E-state index in [1.165, 1.54) is 19.3 Å². The van der Waals surface area contributed by atoms with Gasteiger partial charge < -0.3 is 4.90 Å². The number of rotatable bonds is 3. The van der Waals surface area contributed by atoms with Gasteiger partial charge >= 0.3 is 0 Å². The summed E-state index contributed by atoms with van der Waals surface area (Å²) < 4.78 is 0. The van der Waals surface area contributed by atoms with E-state index in [2.05, 4.69) is 23.3 Å². The van der Waals surface area contributed by atoms with Crippen LogP contribution in [-0.4, -0.2) is 24.6 Å². The Kier molecular flexibility index (Phi) is 5.42. The molecular weight excluding hydrogens is 276 g/mol. The molecule has 1 heterocycles. The van der Waals surface area contributed by atoms with E-state index in [1.54, 1.807) is 0 Å². The molecule has 0 N–H and O–H groups in total. The molecule has 0 saturated carbocycles. The van der Waals surface area contributed by atoms with Crippen LogP contribution in [0.1, 0.15) is 30.4 Å². The summed E-state index contributed by atoms with van der Waals surface area (Å²) >= 11 is 7.80. The first-order valence-electron chi connectivity index (χ1n) is 6.65. The van der Waals surface area contributed by atoms with E-state index in [-0.39, 0.29) is 0 Å². The number of anilines is 1. The number of thioether (sulfide) groups is 1. The molecule has 1 aliphatic heterocycles. The lowest BCUT2D eigenvalue weighted by Gasteiger charge is -2.24. The second-order valence-corrected chi connectivity index (χ2v) is 6.28. The Hall–Kier alpha value is -0.850. The first-order chi connectivity index (χ1) is 9.28. The van der Waals surface area contributed by atoms with Crippen molar-refractivity contribution >= 4 is 29.1 Å². The molecule has 1 aromatic carbocycles. The molecule has 4 heteroatoms. The molecule has 1 aliphatic rings. The van der Waals surface area contributed by atoms with Gasteiger partial charge in [-0.2, -0.15) is 17.0 Å². The van der Waals surface area contributed by atoms with E-state index in [4.69, 9.17) is 11.6 Å². The van der Waals surface area contributed by atoms with Crippen LogP contribution in [0.25, 0.3) is 0 Å². The highest BCUT2D eigenvalue weighted by molar-refractivity contribution is 7.99. The average Bonchev–Trinajstić information content (AvgIpc) is 2.71. The molecule has 0 spiro atoms. The predicted molar refractivity (Wildman–Crippen MR) is 84.1 cm³/mol. The molecule has 1 atom stereocenters. The zero-order valence-corrected chi connectivity index (χ0v) is 12.8. The normalized spacial score (nSPS) is 19.8. The van der Waals surface area contributed by atoms with Crippen molar-refractivity contribution in [2.24, 2.45) is 0 Å². The molecule has 0 bridgehead atoms. The molecule has 0 amide bonds. The molecule has 0 aromatic heterocycles. The SMILES string of the molecule is CSC1CCCN(c2ccc(CCl)cc2C#N)CC1. The highest BCUT2D eigenvalue weighted by Crippen LogP contribution is 2.27. The molecule has 1 saturated heterocycles. The fourth-order valence-corrected chi connectivity index (χ4v) is 3.48. The maximum absolute atomic E-state index is 9.31. The van der Waals surface area contributed by atoms with Crippen molar-refractivity contribution < 1.29 is 0 Å². The lowest BCUT2D eigenvalue weighted by Crippen LogP contribution is -2.25. The van der Waals surface area contributed by atoms with E-state index in [9.17, 15) is 5.26 Å². The number of nitrogens with zero attached hydrogens (tertiary/aromatic N) is 2. The van der Waals surface area contributed by atoms with Crippen LogP contribution in [0.3, 0.4) is 0 Å². The molecule has 102 valence electrons. The van der Waals surface area contributed by atoms with E-state index < -0.39 is 0 Å². The Morgan fingerprint density at radius 3 is 2.95 bits per heavy atom. The smallest absolute Gasteiger partial charge is 0.101 e. The van der Waals surface area contributed by atoms with Crippen LogP contribution in [0, 0.1) is 11.3 Å². The lowest BCUT2D eigenvalue weighted by molar-refractivity contribution is 0.745. The van der Waals surface area contributed by atoms with E-state index in [0.717, 1.165) is 35.2 Å². The number of hydrogen-bond acceptors (Lipinski definition) is 3. The van der Waals surface area contributed by atoms with Crippen LogP contribution in [0.15, 0.2) is 18.2 Å². The summed E-state index contributed by atoms with van der Waals surface area (Å²) in [6, 6.07) is 8.30. The van der Waals surface area contributed by atoms with Gasteiger partial charge in [0.05, 0.1) is 11.3 Å².